The molecule has 1 atom stereocenters. The minimum absolute atomic E-state index is 0.192. The number of carbonyl (C=O) groups is 3. The molecule has 0 saturated carbocycles. The molecule has 0 aliphatic heterocycles. The maximum Gasteiger partial charge on any atom is 0.326 e. The molecule has 0 rings (SSSR count). The monoisotopic (exact) mass is 217 g/mol. The van der Waals surface area contributed by atoms with Gasteiger partial charge in [0.1, 0.15) is 6.04 Å². The summed E-state index contributed by atoms with van der Waals surface area (Å²) in [6.45, 7) is 1.80. The lowest BCUT2D eigenvalue weighted by Crippen LogP contribution is -2.40. The van der Waals surface area contributed by atoms with E-state index in [1.807, 2.05) is 0 Å². The van der Waals surface area contributed by atoms with Gasteiger partial charge in [0.25, 0.3) is 0 Å². The molecular formula is C9H15NO5. The highest BCUT2D eigenvalue weighted by Gasteiger charge is 2.18. The lowest BCUT2D eigenvalue weighted by molar-refractivity contribution is -0.142. The van der Waals surface area contributed by atoms with Gasteiger partial charge in [-0.1, -0.05) is 13.3 Å². The Hall–Kier alpha value is -1.59. The van der Waals surface area contributed by atoms with Gasteiger partial charge in [-0.2, -0.15) is 0 Å². The minimum atomic E-state index is -1.10. The van der Waals surface area contributed by atoms with E-state index >= 15 is 0 Å². The second kappa shape index (κ2) is 6.80. The van der Waals surface area contributed by atoms with E-state index in [1.54, 1.807) is 6.92 Å². The van der Waals surface area contributed by atoms with Crippen molar-refractivity contribution in [3.8, 4) is 0 Å². The molecule has 0 saturated heterocycles. The van der Waals surface area contributed by atoms with Crippen molar-refractivity contribution in [1.29, 1.82) is 0 Å². The number of amides is 1. The molecule has 1 unspecified atom stereocenters. The van der Waals surface area contributed by atoms with Gasteiger partial charge in [0.2, 0.25) is 5.91 Å². The zero-order valence-electron chi connectivity index (χ0n) is 8.52. The molecule has 0 heterocycles. The molecule has 0 aliphatic rings. The average Bonchev–Trinajstić information content (AvgIpc) is 2.14. The van der Waals surface area contributed by atoms with Gasteiger partial charge in [-0.05, 0) is 6.42 Å². The van der Waals surface area contributed by atoms with Crippen LogP contribution < -0.4 is 5.32 Å². The zero-order valence-corrected chi connectivity index (χ0v) is 8.52. The third kappa shape index (κ3) is 6.48. The second-order valence-electron chi connectivity index (χ2n) is 3.14. The molecule has 0 aromatic heterocycles. The van der Waals surface area contributed by atoms with Crippen molar-refractivity contribution < 1.29 is 24.6 Å². The number of carboxylic acid groups (broad SMARTS) is 2. The molecule has 0 aromatic rings. The summed E-state index contributed by atoms with van der Waals surface area (Å²) in [4.78, 5) is 31.9. The number of nitrogens with one attached hydrogen (secondary N) is 1. The molecule has 0 bridgehead atoms. The van der Waals surface area contributed by atoms with Crippen LogP contribution in [0.1, 0.15) is 32.6 Å². The average molecular weight is 217 g/mol. The van der Waals surface area contributed by atoms with Gasteiger partial charge in [0.05, 0.1) is 6.42 Å². The van der Waals surface area contributed by atoms with Gasteiger partial charge < -0.3 is 15.5 Å². The molecular weight excluding hydrogens is 202 g/mol. The third-order valence-electron chi connectivity index (χ3n) is 1.78. The Kier molecular flexibility index (Phi) is 6.08. The SMILES string of the molecule is CCCC(NC(=O)CCC(=O)O)C(=O)O. The summed E-state index contributed by atoms with van der Waals surface area (Å²) < 4.78 is 0. The van der Waals surface area contributed by atoms with Crippen LogP contribution in [-0.4, -0.2) is 34.1 Å². The van der Waals surface area contributed by atoms with Crippen molar-refractivity contribution in [3.05, 3.63) is 0 Å². The van der Waals surface area contributed by atoms with Crippen molar-refractivity contribution in [1.82, 2.24) is 5.32 Å². The van der Waals surface area contributed by atoms with Crippen molar-refractivity contribution in [2.24, 2.45) is 0 Å². The minimum Gasteiger partial charge on any atom is -0.481 e. The second-order valence-corrected chi connectivity index (χ2v) is 3.14. The van der Waals surface area contributed by atoms with Crippen LogP contribution in [0.25, 0.3) is 0 Å². The molecule has 15 heavy (non-hydrogen) atoms. The Morgan fingerprint density at radius 2 is 1.80 bits per heavy atom. The lowest BCUT2D eigenvalue weighted by Gasteiger charge is -2.12. The van der Waals surface area contributed by atoms with Crippen LogP contribution in [0.3, 0.4) is 0 Å². The van der Waals surface area contributed by atoms with E-state index in [1.165, 1.54) is 0 Å². The van der Waals surface area contributed by atoms with Crippen LogP contribution in [0.4, 0.5) is 0 Å². The van der Waals surface area contributed by atoms with Gasteiger partial charge in [-0.15, -0.1) is 0 Å². The highest BCUT2D eigenvalue weighted by molar-refractivity contribution is 5.85. The van der Waals surface area contributed by atoms with Crippen LogP contribution in [0.5, 0.6) is 0 Å². The zero-order chi connectivity index (χ0) is 11.8. The summed E-state index contributed by atoms with van der Waals surface area (Å²) in [5.74, 6) is -2.72. The number of hydrogen-bond acceptors (Lipinski definition) is 3. The van der Waals surface area contributed by atoms with Crippen molar-refractivity contribution in [2.75, 3.05) is 0 Å². The number of hydrogen-bond donors (Lipinski definition) is 3. The summed E-state index contributed by atoms with van der Waals surface area (Å²) in [5, 5.41) is 19.3. The van der Waals surface area contributed by atoms with Gasteiger partial charge in [-0.3, -0.25) is 9.59 Å². The maximum absolute atomic E-state index is 11.1. The first kappa shape index (κ1) is 13.4. The summed E-state index contributed by atoms with van der Waals surface area (Å²) in [6, 6.07) is -0.920. The topological polar surface area (TPSA) is 104 Å². The van der Waals surface area contributed by atoms with Crippen LogP contribution in [0, 0.1) is 0 Å². The smallest absolute Gasteiger partial charge is 0.326 e. The van der Waals surface area contributed by atoms with Crippen molar-refractivity contribution in [2.45, 2.75) is 38.6 Å². The van der Waals surface area contributed by atoms with Crippen LogP contribution in [0.15, 0.2) is 0 Å². The first-order valence-corrected chi connectivity index (χ1v) is 4.71. The molecule has 0 spiro atoms. The highest BCUT2D eigenvalue weighted by atomic mass is 16.4. The molecule has 0 aromatic carbocycles. The van der Waals surface area contributed by atoms with Crippen molar-refractivity contribution in [3.63, 3.8) is 0 Å². The largest absolute Gasteiger partial charge is 0.481 e. The highest BCUT2D eigenvalue weighted by Crippen LogP contribution is 1.98. The van der Waals surface area contributed by atoms with Gasteiger partial charge in [0.15, 0.2) is 0 Å². The van der Waals surface area contributed by atoms with Crippen LogP contribution >= 0.6 is 0 Å². The van der Waals surface area contributed by atoms with E-state index < -0.39 is 23.9 Å². The first-order valence-electron chi connectivity index (χ1n) is 4.71. The number of rotatable bonds is 7. The Bertz CT molecular complexity index is 251. The Morgan fingerprint density at radius 1 is 1.20 bits per heavy atom. The summed E-state index contributed by atoms with van der Waals surface area (Å²) in [7, 11) is 0. The van der Waals surface area contributed by atoms with E-state index in [-0.39, 0.29) is 12.8 Å². The number of carboxylic acids is 2. The molecule has 1 amide bonds. The molecule has 86 valence electrons. The number of carbonyl (C=O) groups excluding carboxylic acids is 1. The number of aliphatic carboxylic acids is 2. The first-order chi connectivity index (χ1) is 6.97. The summed E-state index contributed by atoms with van der Waals surface area (Å²) in [5.41, 5.74) is 0. The van der Waals surface area contributed by atoms with Crippen LogP contribution in [0.2, 0.25) is 0 Å². The standard InChI is InChI=1S/C9H15NO5/c1-2-3-6(9(14)15)10-7(11)4-5-8(12)13/h6H,2-5H2,1H3,(H,10,11)(H,12,13)(H,14,15). The lowest BCUT2D eigenvalue weighted by atomic mass is 10.1. The molecule has 0 fully saturated rings. The predicted octanol–water partition coefficient (Wildman–Crippen LogP) is 0.221. The normalized spacial score (nSPS) is 11.8. The fourth-order valence-electron chi connectivity index (χ4n) is 1.03. The van der Waals surface area contributed by atoms with E-state index in [9.17, 15) is 14.4 Å². The van der Waals surface area contributed by atoms with E-state index in [0.29, 0.717) is 12.8 Å². The van der Waals surface area contributed by atoms with Crippen LogP contribution in [-0.2, 0) is 14.4 Å². The Labute approximate surface area is 87.3 Å². The molecule has 6 nitrogen and oxygen atoms in total. The molecule has 6 heteroatoms. The third-order valence-corrected chi connectivity index (χ3v) is 1.78. The van der Waals surface area contributed by atoms with E-state index in [4.69, 9.17) is 10.2 Å². The van der Waals surface area contributed by atoms with E-state index in [2.05, 4.69) is 5.32 Å². The molecule has 0 radical (unpaired) electrons. The summed E-state index contributed by atoms with van der Waals surface area (Å²) in [6.07, 6.45) is 0.497. The van der Waals surface area contributed by atoms with E-state index in [0.717, 1.165) is 0 Å². The van der Waals surface area contributed by atoms with Gasteiger partial charge in [-0.25, -0.2) is 4.79 Å². The van der Waals surface area contributed by atoms with Gasteiger partial charge >= 0.3 is 11.9 Å². The fourth-order valence-corrected chi connectivity index (χ4v) is 1.03. The maximum atomic E-state index is 11.1. The fraction of sp³-hybridized carbons (Fsp3) is 0.667. The molecule has 0 aliphatic carbocycles. The van der Waals surface area contributed by atoms with Gasteiger partial charge in [0, 0.05) is 6.42 Å². The Morgan fingerprint density at radius 3 is 2.20 bits per heavy atom. The molecule has 3 N–H and O–H groups in total. The van der Waals surface area contributed by atoms with Crippen molar-refractivity contribution >= 4 is 17.8 Å². The summed E-state index contributed by atoms with van der Waals surface area (Å²) >= 11 is 0. The quantitative estimate of drug-likeness (QED) is 0.566. The predicted molar refractivity (Wildman–Crippen MR) is 51.3 cm³/mol. The Balaban J connectivity index is 3.99.